The molecule has 4 nitrogen and oxygen atoms in total. The van der Waals surface area contributed by atoms with Crippen molar-refractivity contribution in [2.45, 2.75) is 31.8 Å². The number of benzene rings is 1. The monoisotopic (exact) mass is 291 g/mol. The molecule has 0 radical (unpaired) electrons. The maximum atomic E-state index is 6.05. The predicted molar refractivity (Wildman–Crippen MR) is 81.2 cm³/mol. The first kappa shape index (κ1) is 13.6. The molecule has 20 heavy (non-hydrogen) atoms. The maximum absolute atomic E-state index is 6.05. The van der Waals surface area contributed by atoms with Crippen LogP contribution in [0.2, 0.25) is 5.15 Å². The first-order valence-corrected chi connectivity index (χ1v) is 7.49. The topological polar surface area (TPSA) is 47.0 Å². The lowest BCUT2D eigenvalue weighted by Gasteiger charge is -2.12. The van der Waals surface area contributed by atoms with Gasteiger partial charge in [0.15, 0.2) is 11.0 Å². The number of hydrogen-bond acceptors (Lipinski definition) is 4. The number of halogens is 1. The highest BCUT2D eigenvalue weighted by Crippen LogP contribution is 2.25. The molecule has 5 heteroatoms. The number of hydrogen-bond donors (Lipinski definition) is 1. The zero-order chi connectivity index (χ0) is 13.8. The molecule has 0 atom stereocenters. The van der Waals surface area contributed by atoms with Crippen LogP contribution < -0.4 is 5.32 Å². The molecule has 106 valence electrons. The van der Waals surface area contributed by atoms with Gasteiger partial charge in [-0.2, -0.15) is 0 Å². The van der Waals surface area contributed by atoms with Crippen LogP contribution in [-0.2, 0) is 4.74 Å². The predicted octanol–water partition coefficient (Wildman–Crippen LogP) is 3.65. The van der Waals surface area contributed by atoms with Gasteiger partial charge in [0, 0.05) is 17.3 Å². The first-order chi connectivity index (χ1) is 9.84. The molecule has 2 aromatic rings. The molecule has 1 aliphatic carbocycles. The summed E-state index contributed by atoms with van der Waals surface area (Å²) in [4.78, 5) is 0. The Morgan fingerprint density at radius 1 is 1.15 bits per heavy atom. The van der Waals surface area contributed by atoms with Crippen molar-refractivity contribution in [1.82, 2.24) is 10.2 Å². The van der Waals surface area contributed by atoms with Gasteiger partial charge in [0.1, 0.15) is 0 Å². The Labute approximate surface area is 123 Å². The quantitative estimate of drug-likeness (QED) is 0.854. The Balaban J connectivity index is 1.61. The van der Waals surface area contributed by atoms with E-state index in [1.807, 2.05) is 24.3 Å². The molecule has 1 aromatic carbocycles. The SMILES string of the molecule is Clc1nnc(NCCOC2CCCC2)c2ccccc12. The van der Waals surface area contributed by atoms with Crippen molar-refractivity contribution in [1.29, 1.82) is 0 Å². The van der Waals surface area contributed by atoms with Crippen molar-refractivity contribution < 1.29 is 4.74 Å². The lowest BCUT2D eigenvalue weighted by atomic mass is 10.2. The van der Waals surface area contributed by atoms with Crippen molar-refractivity contribution >= 4 is 28.2 Å². The lowest BCUT2D eigenvalue weighted by Crippen LogP contribution is -2.16. The van der Waals surface area contributed by atoms with Gasteiger partial charge < -0.3 is 10.1 Å². The summed E-state index contributed by atoms with van der Waals surface area (Å²) in [7, 11) is 0. The van der Waals surface area contributed by atoms with Crippen LogP contribution in [0.3, 0.4) is 0 Å². The smallest absolute Gasteiger partial charge is 0.159 e. The van der Waals surface area contributed by atoms with Gasteiger partial charge >= 0.3 is 0 Å². The highest BCUT2D eigenvalue weighted by molar-refractivity contribution is 6.34. The number of anilines is 1. The van der Waals surface area contributed by atoms with E-state index in [1.165, 1.54) is 25.7 Å². The molecule has 1 saturated carbocycles. The van der Waals surface area contributed by atoms with Gasteiger partial charge in [-0.1, -0.05) is 48.7 Å². The van der Waals surface area contributed by atoms with E-state index in [-0.39, 0.29) is 0 Å². The van der Waals surface area contributed by atoms with Crippen molar-refractivity contribution in [2.24, 2.45) is 0 Å². The molecule has 0 saturated heterocycles. The molecule has 1 aliphatic rings. The summed E-state index contributed by atoms with van der Waals surface area (Å²) in [5, 5.41) is 13.7. The van der Waals surface area contributed by atoms with Crippen LogP contribution in [0.1, 0.15) is 25.7 Å². The van der Waals surface area contributed by atoms with Gasteiger partial charge in [-0.05, 0) is 12.8 Å². The summed E-state index contributed by atoms with van der Waals surface area (Å²) in [6, 6.07) is 7.87. The van der Waals surface area contributed by atoms with Crippen LogP contribution >= 0.6 is 11.6 Å². The van der Waals surface area contributed by atoms with Crippen molar-refractivity contribution in [3.8, 4) is 0 Å². The van der Waals surface area contributed by atoms with Crippen LogP contribution in [0.5, 0.6) is 0 Å². The number of nitrogens with one attached hydrogen (secondary N) is 1. The molecule has 3 rings (SSSR count). The van der Waals surface area contributed by atoms with E-state index >= 15 is 0 Å². The summed E-state index contributed by atoms with van der Waals surface area (Å²) in [5.74, 6) is 0.764. The summed E-state index contributed by atoms with van der Waals surface area (Å²) < 4.78 is 5.82. The van der Waals surface area contributed by atoms with Gasteiger partial charge in [-0.15, -0.1) is 10.2 Å². The summed E-state index contributed by atoms with van der Waals surface area (Å²) in [5.41, 5.74) is 0. The Morgan fingerprint density at radius 3 is 2.70 bits per heavy atom. The molecule has 0 amide bonds. The molecular formula is C15H18ClN3O. The molecule has 0 spiro atoms. The van der Waals surface area contributed by atoms with Crippen molar-refractivity contribution in [3.05, 3.63) is 29.4 Å². The summed E-state index contributed by atoms with van der Waals surface area (Å²) in [6.07, 6.45) is 5.44. The number of nitrogens with zero attached hydrogens (tertiary/aromatic N) is 2. The van der Waals surface area contributed by atoms with E-state index in [9.17, 15) is 0 Å². The normalized spacial score (nSPS) is 15.8. The summed E-state index contributed by atoms with van der Waals surface area (Å²) >= 11 is 6.05. The van der Waals surface area contributed by atoms with E-state index in [4.69, 9.17) is 16.3 Å². The third-order valence-electron chi connectivity index (χ3n) is 3.69. The third kappa shape index (κ3) is 3.02. The zero-order valence-corrected chi connectivity index (χ0v) is 12.1. The molecule has 1 fully saturated rings. The molecule has 0 unspecified atom stereocenters. The second-order valence-electron chi connectivity index (χ2n) is 5.09. The van der Waals surface area contributed by atoms with E-state index in [1.54, 1.807) is 0 Å². The number of aromatic nitrogens is 2. The van der Waals surface area contributed by atoms with Gasteiger partial charge in [0.25, 0.3) is 0 Å². The van der Waals surface area contributed by atoms with Crippen LogP contribution in [-0.4, -0.2) is 29.5 Å². The molecule has 0 aliphatic heterocycles. The Kier molecular flexibility index (Phi) is 4.33. The highest BCUT2D eigenvalue weighted by atomic mass is 35.5. The van der Waals surface area contributed by atoms with Crippen LogP contribution in [0.4, 0.5) is 5.82 Å². The second-order valence-corrected chi connectivity index (χ2v) is 5.45. The number of rotatable bonds is 5. The Hall–Kier alpha value is -1.39. The average molecular weight is 292 g/mol. The third-order valence-corrected chi connectivity index (χ3v) is 3.97. The number of ether oxygens (including phenoxy) is 1. The molecular weight excluding hydrogens is 274 g/mol. The average Bonchev–Trinajstić information content (AvgIpc) is 2.99. The Bertz CT molecular complexity index is 584. The molecule has 1 heterocycles. The molecule has 1 aromatic heterocycles. The lowest BCUT2D eigenvalue weighted by molar-refractivity contribution is 0.0659. The minimum Gasteiger partial charge on any atom is -0.376 e. The van der Waals surface area contributed by atoms with E-state index < -0.39 is 0 Å². The molecule has 1 N–H and O–H groups in total. The second kappa shape index (κ2) is 6.37. The van der Waals surface area contributed by atoms with Crippen LogP contribution in [0, 0.1) is 0 Å². The largest absolute Gasteiger partial charge is 0.376 e. The first-order valence-electron chi connectivity index (χ1n) is 7.11. The standard InChI is InChI=1S/C15H18ClN3O/c16-14-12-7-3-4-8-13(12)15(19-18-14)17-9-10-20-11-5-1-2-6-11/h3-4,7-8,11H,1-2,5-6,9-10H2,(H,17,19). The fraction of sp³-hybridized carbons (Fsp3) is 0.467. The minimum absolute atomic E-state index is 0.438. The van der Waals surface area contributed by atoms with Gasteiger partial charge in [0.05, 0.1) is 12.7 Å². The van der Waals surface area contributed by atoms with E-state index in [0.717, 1.165) is 23.1 Å². The maximum Gasteiger partial charge on any atom is 0.159 e. The van der Waals surface area contributed by atoms with Crippen molar-refractivity contribution in [3.63, 3.8) is 0 Å². The van der Waals surface area contributed by atoms with E-state index in [0.29, 0.717) is 17.9 Å². The van der Waals surface area contributed by atoms with Crippen molar-refractivity contribution in [2.75, 3.05) is 18.5 Å². The fourth-order valence-electron chi connectivity index (χ4n) is 2.65. The van der Waals surface area contributed by atoms with Gasteiger partial charge in [-0.25, -0.2) is 0 Å². The van der Waals surface area contributed by atoms with E-state index in [2.05, 4.69) is 15.5 Å². The fourth-order valence-corrected chi connectivity index (χ4v) is 2.85. The minimum atomic E-state index is 0.438. The number of fused-ring (bicyclic) bond motifs is 1. The highest BCUT2D eigenvalue weighted by Gasteiger charge is 2.14. The molecule has 0 bridgehead atoms. The van der Waals surface area contributed by atoms with Crippen LogP contribution in [0.15, 0.2) is 24.3 Å². The Morgan fingerprint density at radius 2 is 1.90 bits per heavy atom. The zero-order valence-electron chi connectivity index (χ0n) is 11.3. The van der Waals surface area contributed by atoms with Gasteiger partial charge in [-0.3, -0.25) is 0 Å². The van der Waals surface area contributed by atoms with Gasteiger partial charge in [0.2, 0.25) is 0 Å². The van der Waals surface area contributed by atoms with Crippen LogP contribution in [0.25, 0.3) is 10.8 Å². The summed E-state index contributed by atoms with van der Waals surface area (Å²) in [6.45, 7) is 1.43.